The van der Waals surface area contributed by atoms with Crippen LogP contribution < -0.4 is 15.4 Å². The number of carbonyl (C=O) groups is 1. The number of carbonyl (C=O) groups excluding carboxylic acids is 1. The number of aryl methyl sites for hydroxylation is 1. The maximum Gasteiger partial charge on any atom is 0.314 e. The fraction of sp³-hybridized carbons (Fsp3) is 0.588. The second kappa shape index (κ2) is 7.91. The number of fused-ring (bicyclic) bond motifs is 1. The number of urea groups is 1. The lowest BCUT2D eigenvalue weighted by molar-refractivity contribution is 0.235. The zero-order valence-electron chi connectivity index (χ0n) is 13.1. The Kier molecular flexibility index (Phi) is 5.90. The Morgan fingerprint density at radius 1 is 1.24 bits per heavy atom. The summed E-state index contributed by atoms with van der Waals surface area (Å²) in [6.45, 7) is 5.86. The third-order valence-electron chi connectivity index (χ3n) is 3.67. The van der Waals surface area contributed by atoms with Crippen LogP contribution >= 0.6 is 0 Å². The molecule has 21 heavy (non-hydrogen) atoms. The quantitative estimate of drug-likeness (QED) is 0.792. The second-order valence-electron chi connectivity index (χ2n) is 5.98. The zero-order valence-corrected chi connectivity index (χ0v) is 13.1. The molecular weight excluding hydrogens is 264 g/mol. The van der Waals surface area contributed by atoms with E-state index in [-0.39, 0.29) is 6.03 Å². The van der Waals surface area contributed by atoms with Crippen LogP contribution in [0.25, 0.3) is 0 Å². The van der Waals surface area contributed by atoms with Gasteiger partial charge in [0.1, 0.15) is 12.4 Å². The summed E-state index contributed by atoms with van der Waals surface area (Å²) in [6.07, 6.45) is 4.77. The van der Waals surface area contributed by atoms with Gasteiger partial charge in [-0.05, 0) is 48.8 Å². The molecule has 0 atom stereocenters. The standard InChI is InChI=1S/C17H26N2O2/c1-13(2)12-19-17(20)18-10-11-21-16-9-5-7-14-6-3-4-8-15(14)16/h5,7,9,13H,3-4,6,8,10-12H2,1-2H3,(H2,18,19,20). The number of ether oxygens (including phenoxy) is 1. The van der Waals surface area contributed by atoms with Gasteiger partial charge in [-0.15, -0.1) is 0 Å². The molecule has 1 aliphatic carbocycles. The van der Waals surface area contributed by atoms with Crippen LogP contribution in [-0.2, 0) is 12.8 Å². The van der Waals surface area contributed by atoms with Gasteiger partial charge in [0.2, 0.25) is 0 Å². The van der Waals surface area contributed by atoms with Crippen molar-refractivity contribution in [3.63, 3.8) is 0 Å². The van der Waals surface area contributed by atoms with Crippen molar-refractivity contribution in [1.82, 2.24) is 10.6 Å². The smallest absolute Gasteiger partial charge is 0.314 e. The Morgan fingerprint density at radius 2 is 2.05 bits per heavy atom. The molecule has 4 heteroatoms. The first-order valence-corrected chi connectivity index (χ1v) is 7.92. The normalized spacial score (nSPS) is 13.7. The van der Waals surface area contributed by atoms with Gasteiger partial charge in [0, 0.05) is 6.54 Å². The van der Waals surface area contributed by atoms with E-state index in [9.17, 15) is 4.79 Å². The number of hydrogen-bond acceptors (Lipinski definition) is 2. The van der Waals surface area contributed by atoms with Crippen LogP contribution in [0, 0.1) is 5.92 Å². The van der Waals surface area contributed by atoms with Crippen molar-refractivity contribution >= 4 is 6.03 Å². The van der Waals surface area contributed by atoms with Gasteiger partial charge in [0.15, 0.2) is 0 Å². The van der Waals surface area contributed by atoms with Crippen LogP contribution in [0.2, 0.25) is 0 Å². The highest BCUT2D eigenvalue weighted by Gasteiger charge is 2.13. The lowest BCUT2D eigenvalue weighted by Crippen LogP contribution is -2.39. The molecule has 2 rings (SSSR count). The van der Waals surface area contributed by atoms with Gasteiger partial charge in [-0.3, -0.25) is 0 Å². The Hall–Kier alpha value is -1.71. The number of rotatable bonds is 6. The molecule has 1 aromatic rings. The monoisotopic (exact) mass is 290 g/mol. The first-order valence-electron chi connectivity index (χ1n) is 7.92. The van der Waals surface area contributed by atoms with E-state index in [2.05, 4.69) is 36.6 Å². The number of hydrogen-bond donors (Lipinski definition) is 2. The Bertz CT molecular complexity index is 472. The average Bonchev–Trinajstić information content (AvgIpc) is 2.49. The van der Waals surface area contributed by atoms with Crippen molar-refractivity contribution in [1.29, 1.82) is 0 Å². The van der Waals surface area contributed by atoms with E-state index in [4.69, 9.17) is 4.74 Å². The van der Waals surface area contributed by atoms with Gasteiger partial charge in [0.05, 0.1) is 6.54 Å². The molecule has 0 bridgehead atoms. The van der Waals surface area contributed by atoms with Gasteiger partial charge in [-0.25, -0.2) is 4.79 Å². The number of amides is 2. The van der Waals surface area contributed by atoms with Crippen molar-refractivity contribution in [3.8, 4) is 5.75 Å². The van der Waals surface area contributed by atoms with E-state index in [1.807, 2.05) is 6.07 Å². The highest BCUT2D eigenvalue weighted by Crippen LogP contribution is 2.29. The molecule has 0 fully saturated rings. The van der Waals surface area contributed by atoms with Crippen molar-refractivity contribution in [2.45, 2.75) is 39.5 Å². The summed E-state index contributed by atoms with van der Waals surface area (Å²) in [7, 11) is 0. The highest BCUT2D eigenvalue weighted by atomic mass is 16.5. The van der Waals surface area contributed by atoms with Crippen molar-refractivity contribution in [2.24, 2.45) is 5.92 Å². The molecule has 4 nitrogen and oxygen atoms in total. The second-order valence-corrected chi connectivity index (χ2v) is 5.98. The van der Waals surface area contributed by atoms with Gasteiger partial charge in [-0.2, -0.15) is 0 Å². The average molecular weight is 290 g/mol. The number of benzene rings is 1. The molecule has 116 valence electrons. The first kappa shape index (κ1) is 15.7. The summed E-state index contributed by atoms with van der Waals surface area (Å²) in [6, 6.07) is 6.16. The minimum Gasteiger partial charge on any atom is -0.491 e. The molecule has 0 unspecified atom stereocenters. The van der Waals surface area contributed by atoms with Crippen LogP contribution in [0.5, 0.6) is 5.75 Å². The highest BCUT2D eigenvalue weighted by molar-refractivity contribution is 5.73. The molecule has 0 radical (unpaired) electrons. The van der Waals surface area contributed by atoms with E-state index < -0.39 is 0 Å². The topological polar surface area (TPSA) is 50.4 Å². The lowest BCUT2D eigenvalue weighted by Gasteiger charge is -2.19. The van der Waals surface area contributed by atoms with Crippen LogP contribution in [0.15, 0.2) is 18.2 Å². The minimum absolute atomic E-state index is 0.123. The molecule has 0 aromatic heterocycles. The molecule has 0 saturated carbocycles. The van der Waals surface area contributed by atoms with Crippen LogP contribution in [0.4, 0.5) is 4.79 Å². The molecule has 0 aliphatic heterocycles. The van der Waals surface area contributed by atoms with Crippen LogP contribution in [-0.4, -0.2) is 25.7 Å². The third-order valence-corrected chi connectivity index (χ3v) is 3.67. The van der Waals surface area contributed by atoms with E-state index in [1.165, 1.54) is 24.0 Å². The SMILES string of the molecule is CC(C)CNC(=O)NCCOc1cccc2c1CCCC2. The largest absolute Gasteiger partial charge is 0.491 e. The molecule has 2 amide bonds. The fourth-order valence-electron chi connectivity index (χ4n) is 2.57. The van der Waals surface area contributed by atoms with Gasteiger partial charge in [-0.1, -0.05) is 26.0 Å². The minimum atomic E-state index is -0.123. The molecule has 0 spiro atoms. The summed E-state index contributed by atoms with van der Waals surface area (Å²) in [5, 5.41) is 5.64. The number of nitrogens with one attached hydrogen (secondary N) is 2. The molecule has 1 aliphatic rings. The van der Waals surface area contributed by atoms with Crippen molar-refractivity contribution in [3.05, 3.63) is 29.3 Å². The first-order chi connectivity index (χ1) is 10.2. The Balaban J connectivity index is 1.73. The molecule has 2 N–H and O–H groups in total. The van der Waals surface area contributed by atoms with E-state index in [1.54, 1.807) is 0 Å². The van der Waals surface area contributed by atoms with Crippen molar-refractivity contribution in [2.75, 3.05) is 19.7 Å². The maximum atomic E-state index is 11.5. The predicted molar refractivity (Wildman–Crippen MR) is 84.8 cm³/mol. The summed E-state index contributed by atoms with van der Waals surface area (Å²) < 4.78 is 5.84. The van der Waals surface area contributed by atoms with Crippen molar-refractivity contribution < 1.29 is 9.53 Å². The summed E-state index contributed by atoms with van der Waals surface area (Å²) >= 11 is 0. The fourth-order valence-corrected chi connectivity index (χ4v) is 2.57. The predicted octanol–water partition coefficient (Wildman–Crippen LogP) is 2.90. The van der Waals surface area contributed by atoms with E-state index in [0.717, 1.165) is 18.6 Å². The summed E-state index contributed by atoms with van der Waals surface area (Å²) in [5.41, 5.74) is 2.77. The summed E-state index contributed by atoms with van der Waals surface area (Å²) in [4.78, 5) is 11.5. The van der Waals surface area contributed by atoms with E-state index >= 15 is 0 Å². The van der Waals surface area contributed by atoms with Gasteiger partial charge in [0.25, 0.3) is 0 Å². The van der Waals surface area contributed by atoms with Crippen LogP contribution in [0.1, 0.15) is 37.8 Å². The zero-order chi connectivity index (χ0) is 15.1. The lowest BCUT2D eigenvalue weighted by atomic mass is 9.91. The molecule has 1 aromatic carbocycles. The van der Waals surface area contributed by atoms with Gasteiger partial charge >= 0.3 is 6.03 Å². The maximum absolute atomic E-state index is 11.5. The Morgan fingerprint density at radius 3 is 2.86 bits per heavy atom. The molecule has 0 heterocycles. The Labute approximate surface area is 127 Å². The summed E-state index contributed by atoms with van der Waals surface area (Å²) in [5.74, 6) is 1.44. The molecular formula is C17H26N2O2. The molecule has 0 saturated heterocycles. The van der Waals surface area contributed by atoms with Gasteiger partial charge < -0.3 is 15.4 Å². The third kappa shape index (κ3) is 4.96. The van der Waals surface area contributed by atoms with E-state index in [0.29, 0.717) is 25.6 Å². The van der Waals surface area contributed by atoms with Crippen LogP contribution in [0.3, 0.4) is 0 Å².